The number of likely N-dealkylation sites (tertiary alicyclic amines) is 2. The number of urea groups is 1. The Morgan fingerprint density at radius 3 is 2.35 bits per heavy atom. The van der Waals surface area contributed by atoms with Crippen LogP contribution in [0.5, 0.6) is 0 Å². The van der Waals surface area contributed by atoms with E-state index in [4.69, 9.17) is 5.11 Å². The largest absolute Gasteiger partial charge is 0.480 e. The smallest absolute Gasteiger partial charge is 0.323 e. The number of carboxylic acid groups (broad SMARTS) is 1. The number of rotatable bonds is 4. The van der Waals surface area contributed by atoms with Gasteiger partial charge in [0.25, 0.3) is 0 Å². The Kier molecular flexibility index (Phi) is 4.81. The minimum atomic E-state index is -1.01. The number of carbonyl (C=O) groups is 2. The van der Waals surface area contributed by atoms with E-state index in [1.165, 1.54) is 5.56 Å². The fraction of sp³-hybridized carbons (Fsp3) is 0.529. The first-order valence-electron chi connectivity index (χ1n) is 8.11. The Balaban J connectivity index is 1.53. The second kappa shape index (κ2) is 7.00. The van der Waals surface area contributed by atoms with Gasteiger partial charge in [0.1, 0.15) is 6.54 Å². The Bertz CT molecular complexity index is 549. The second-order valence-electron chi connectivity index (χ2n) is 6.60. The lowest BCUT2D eigenvalue weighted by Crippen LogP contribution is -2.56. The highest BCUT2D eigenvalue weighted by Crippen LogP contribution is 2.29. The van der Waals surface area contributed by atoms with Crippen molar-refractivity contribution in [3.63, 3.8) is 0 Å². The van der Waals surface area contributed by atoms with E-state index in [0.29, 0.717) is 24.9 Å². The van der Waals surface area contributed by atoms with Crippen LogP contribution in [0.15, 0.2) is 30.3 Å². The average Bonchev–Trinajstić information content (AvgIpc) is 2.52. The van der Waals surface area contributed by atoms with Gasteiger partial charge >= 0.3 is 12.0 Å². The zero-order valence-corrected chi connectivity index (χ0v) is 13.1. The lowest BCUT2D eigenvalue weighted by molar-refractivity contribution is -0.135. The third kappa shape index (κ3) is 4.22. The highest BCUT2D eigenvalue weighted by molar-refractivity contribution is 5.80. The van der Waals surface area contributed by atoms with Crippen molar-refractivity contribution in [3.8, 4) is 0 Å². The molecule has 0 aromatic heterocycles. The van der Waals surface area contributed by atoms with E-state index in [-0.39, 0.29) is 12.6 Å². The van der Waals surface area contributed by atoms with E-state index >= 15 is 0 Å². The van der Waals surface area contributed by atoms with E-state index in [0.717, 1.165) is 26.1 Å². The number of hydrogen-bond acceptors (Lipinski definition) is 3. The number of hydrogen-bond donors (Lipinski definition) is 2. The van der Waals surface area contributed by atoms with Gasteiger partial charge in [0, 0.05) is 32.7 Å². The maximum Gasteiger partial charge on any atom is 0.323 e. The lowest BCUT2D eigenvalue weighted by atomic mass is 9.84. The molecular weight excluding hydrogens is 294 g/mol. The molecule has 3 rings (SSSR count). The number of benzene rings is 1. The van der Waals surface area contributed by atoms with Gasteiger partial charge in [-0.05, 0) is 23.8 Å². The zero-order chi connectivity index (χ0) is 16.2. The van der Waals surface area contributed by atoms with Crippen LogP contribution in [0.1, 0.15) is 12.0 Å². The molecule has 1 aromatic rings. The summed E-state index contributed by atoms with van der Waals surface area (Å²) in [6.07, 6.45) is 1.16. The van der Waals surface area contributed by atoms with Gasteiger partial charge in [-0.25, -0.2) is 4.79 Å². The topological polar surface area (TPSA) is 72.9 Å². The van der Waals surface area contributed by atoms with E-state index in [2.05, 4.69) is 34.5 Å². The molecule has 0 radical (unpaired) electrons. The lowest BCUT2D eigenvalue weighted by Gasteiger charge is -2.45. The predicted octanol–water partition coefficient (Wildman–Crippen LogP) is 1.23. The van der Waals surface area contributed by atoms with Crippen LogP contribution in [0.3, 0.4) is 0 Å². The molecule has 0 aliphatic carbocycles. The summed E-state index contributed by atoms with van der Waals surface area (Å²) in [6, 6.07) is 10.2. The number of carbonyl (C=O) groups excluding carboxylic acids is 1. The summed E-state index contributed by atoms with van der Waals surface area (Å²) in [5.41, 5.74) is 1.32. The summed E-state index contributed by atoms with van der Waals surface area (Å²) in [5.74, 6) is -0.0619. The standard InChI is InChI=1S/C17H23N3O3/c21-16(22)7-18-17(23)20-11-14-6-15(12-20)10-19(9-14)8-13-4-2-1-3-5-13/h1-5,14-15H,6-12H2,(H,18,23)(H,21,22). The summed E-state index contributed by atoms with van der Waals surface area (Å²) >= 11 is 0. The van der Waals surface area contributed by atoms with Crippen molar-refractivity contribution < 1.29 is 14.7 Å². The molecule has 6 nitrogen and oxygen atoms in total. The number of nitrogens with zero attached hydrogens (tertiary/aromatic N) is 2. The van der Waals surface area contributed by atoms with Gasteiger partial charge in [0.15, 0.2) is 0 Å². The second-order valence-corrected chi connectivity index (χ2v) is 6.60. The van der Waals surface area contributed by atoms with Crippen molar-refractivity contribution in [1.29, 1.82) is 0 Å². The molecule has 2 aliphatic heterocycles. The number of piperidine rings is 2. The van der Waals surface area contributed by atoms with Gasteiger partial charge in [-0.3, -0.25) is 9.69 Å². The first-order chi connectivity index (χ1) is 11.1. The molecule has 2 heterocycles. The van der Waals surface area contributed by atoms with Gasteiger partial charge in [-0.2, -0.15) is 0 Å². The highest BCUT2D eigenvalue weighted by Gasteiger charge is 2.35. The molecule has 0 saturated carbocycles. The molecule has 2 fully saturated rings. The molecule has 2 atom stereocenters. The van der Waals surface area contributed by atoms with Crippen molar-refractivity contribution in [2.24, 2.45) is 11.8 Å². The van der Waals surface area contributed by atoms with Gasteiger partial charge < -0.3 is 15.3 Å². The third-order valence-electron chi connectivity index (χ3n) is 4.58. The average molecular weight is 317 g/mol. The minimum absolute atomic E-state index is 0.251. The Morgan fingerprint density at radius 2 is 1.74 bits per heavy atom. The monoisotopic (exact) mass is 317 g/mol. The van der Waals surface area contributed by atoms with Crippen LogP contribution in [-0.2, 0) is 11.3 Å². The van der Waals surface area contributed by atoms with Crippen molar-refractivity contribution in [2.45, 2.75) is 13.0 Å². The Hall–Kier alpha value is -2.08. The van der Waals surface area contributed by atoms with Crippen molar-refractivity contribution in [2.75, 3.05) is 32.7 Å². The van der Waals surface area contributed by atoms with Gasteiger partial charge in [-0.15, -0.1) is 0 Å². The number of aliphatic carboxylic acids is 1. The van der Waals surface area contributed by atoms with Crippen molar-refractivity contribution in [3.05, 3.63) is 35.9 Å². The molecule has 2 N–H and O–H groups in total. The van der Waals surface area contributed by atoms with Crippen LogP contribution in [-0.4, -0.2) is 59.6 Å². The van der Waals surface area contributed by atoms with Crippen molar-refractivity contribution >= 4 is 12.0 Å². The van der Waals surface area contributed by atoms with Crippen LogP contribution >= 0.6 is 0 Å². The highest BCUT2D eigenvalue weighted by atomic mass is 16.4. The van der Waals surface area contributed by atoms with Crippen LogP contribution in [0.25, 0.3) is 0 Å². The van der Waals surface area contributed by atoms with E-state index in [1.54, 1.807) is 4.90 Å². The maximum absolute atomic E-state index is 12.0. The van der Waals surface area contributed by atoms with E-state index in [1.807, 2.05) is 6.07 Å². The molecule has 2 bridgehead atoms. The Labute approximate surface area is 136 Å². The molecule has 0 spiro atoms. The van der Waals surface area contributed by atoms with Crippen molar-refractivity contribution in [1.82, 2.24) is 15.1 Å². The van der Waals surface area contributed by atoms with E-state index < -0.39 is 5.97 Å². The number of fused-ring (bicyclic) bond motifs is 2. The zero-order valence-electron chi connectivity index (χ0n) is 13.1. The molecule has 2 unspecified atom stereocenters. The first kappa shape index (κ1) is 15.8. The molecular formula is C17H23N3O3. The van der Waals surface area contributed by atoms with Crippen LogP contribution in [0, 0.1) is 11.8 Å². The summed E-state index contributed by atoms with van der Waals surface area (Å²) in [5, 5.41) is 11.1. The fourth-order valence-corrected chi connectivity index (χ4v) is 3.79. The molecule has 2 saturated heterocycles. The summed E-state index contributed by atoms with van der Waals surface area (Å²) < 4.78 is 0. The molecule has 2 amide bonds. The van der Waals surface area contributed by atoms with Crippen LogP contribution in [0.2, 0.25) is 0 Å². The molecule has 6 heteroatoms. The molecule has 124 valence electrons. The normalized spacial score (nSPS) is 24.3. The fourth-order valence-electron chi connectivity index (χ4n) is 3.79. The quantitative estimate of drug-likeness (QED) is 0.876. The van der Waals surface area contributed by atoms with E-state index in [9.17, 15) is 9.59 Å². The maximum atomic E-state index is 12.0. The summed E-state index contributed by atoms with van der Waals surface area (Å²) in [6.45, 7) is 4.06. The Morgan fingerprint density at radius 1 is 1.09 bits per heavy atom. The first-order valence-corrected chi connectivity index (χ1v) is 8.11. The number of carboxylic acids is 1. The molecule has 1 aromatic carbocycles. The summed E-state index contributed by atoms with van der Waals surface area (Å²) in [7, 11) is 0. The van der Waals surface area contributed by atoms with Gasteiger partial charge in [0.05, 0.1) is 0 Å². The molecule has 23 heavy (non-hydrogen) atoms. The number of amides is 2. The van der Waals surface area contributed by atoms with Gasteiger partial charge in [-0.1, -0.05) is 30.3 Å². The minimum Gasteiger partial charge on any atom is -0.480 e. The van der Waals surface area contributed by atoms with Gasteiger partial charge in [0.2, 0.25) is 0 Å². The SMILES string of the molecule is O=C(O)CNC(=O)N1CC2CC(CN(Cc3ccccc3)C2)C1. The van der Waals surface area contributed by atoms with Crippen LogP contribution < -0.4 is 5.32 Å². The van der Waals surface area contributed by atoms with Crippen LogP contribution in [0.4, 0.5) is 4.79 Å². The third-order valence-corrected chi connectivity index (χ3v) is 4.58. The predicted molar refractivity (Wildman–Crippen MR) is 85.9 cm³/mol. The number of nitrogens with one attached hydrogen (secondary N) is 1. The molecule has 2 aliphatic rings. The summed E-state index contributed by atoms with van der Waals surface area (Å²) in [4.78, 5) is 26.9.